The van der Waals surface area contributed by atoms with E-state index in [1.54, 1.807) is 0 Å². The summed E-state index contributed by atoms with van der Waals surface area (Å²) in [5.74, 6) is 1.35. The van der Waals surface area contributed by atoms with Crippen LogP contribution in [0, 0.1) is 6.92 Å². The van der Waals surface area contributed by atoms with Crippen LogP contribution in [-0.4, -0.2) is 17.6 Å². The van der Waals surface area contributed by atoms with Crippen LogP contribution in [0.15, 0.2) is 16.9 Å². The van der Waals surface area contributed by atoms with Crippen molar-refractivity contribution in [1.82, 2.24) is 4.98 Å². The highest BCUT2D eigenvalue weighted by molar-refractivity contribution is 5.90. The van der Waals surface area contributed by atoms with Crippen LogP contribution in [0.4, 0.5) is 0 Å². The minimum absolute atomic E-state index is 0.0121. The Morgan fingerprint density at radius 1 is 1.38 bits per heavy atom. The Morgan fingerprint density at radius 2 is 2.10 bits per heavy atom. The Kier molecular flexibility index (Phi) is 3.29. The highest BCUT2D eigenvalue weighted by atomic mass is 16.5. The first-order chi connectivity index (χ1) is 9.93. The maximum atomic E-state index is 12.2. The molecule has 0 amide bonds. The maximum Gasteiger partial charge on any atom is 0.251 e. The standard InChI is InChI=1S/C17H22N2O2/c1-8(2)11-6-13-15(19-17(11)20)9(3)5-12-10(4)14(7-18)21-16(12)13/h5-6,8,10,14H,7,18H2,1-4H3,(H,19,20). The molecule has 2 unspecified atom stereocenters. The summed E-state index contributed by atoms with van der Waals surface area (Å²) in [5.41, 5.74) is 9.72. The molecule has 1 aromatic carbocycles. The summed E-state index contributed by atoms with van der Waals surface area (Å²) in [7, 11) is 0. The molecular weight excluding hydrogens is 264 g/mol. The SMILES string of the molecule is Cc1cc2c(c3cc(C(C)C)c(=O)[nH]c13)OC(CN)C2C. The molecular formula is C17H22N2O2. The monoisotopic (exact) mass is 286 g/mol. The summed E-state index contributed by atoms with van der Waals surface area (Å²) in [6.07, 6.45) is 0.0134. The molecule has 1 aliphatic heterocycles. The third-order valence-corrected chi connectivity index (χ3v) is 4.51. The van der Waals surface area contributed by atoms with Crippen molar-refractivity contribution in [2.24, 2.45) is 5.73 Å². The Labute approximate surface area is 124 Å². The van der Waals surface area contributed by atoms with E-state index in [2.05, 4.69) is 18.0 Å². The van der Waals surface area contributed by atoms with Gasteiger partial charge in [0.25, 0.3) is 5.56 Å². The van der Waals surface area contributed by atoms with E-state index < -0.39 is 0 Å². The van der Waals surface area contributed by atoms with Crippen LogP contribution in [0.3, 0.4) is 0 Å². The molecule has 0 spiro atoms. The van der Waals surface area contributed by atoms with E-state index in [0.717, 1.165) is 27.8 Å². The van der Waals surface area contributed by atoms with Crippen LogP contribution >= 0.6 is 0 Å². The number of ether oxygens (including phenoxy) is 1. The lowest BCUT2D eigenvalue weighted by Gasteiger charge is -2.12. The average Bonchev–Trinajstić information content (AvgIpc) is 2.75. The van der Waals surface area contributed by atoms with Gasteiger partial charge in [-0.25, -0.2) is 0 Å². The fraction of sp³-hybridized carbons (Fsp3) is 0.471. The molecule has 1 aromatic heterocycles. The van der Waals surface area contributed by atoms with Crippen molar-refractivity contribution < 1.29 is 4.74 Å². The van der Waals surface area contributed by atoms with Crippen molar-refractivity contribution >= 4 is 10.9 Å². The second kappa shape index (κ2) is 4.88. The number of benzene rings is 1. The molecule has 0 saturated carbocycles. The molecule has 2 atom stereocenters. The van der Waals surface area contributed by atoms with Gasteiger partial charge in [0.05, 0.1) is 5.52 Å². The Bertz CT molecular complexity index is 761. The van der Waals surface area contributed by atoms with E-state index in [1.165, 1.54) is 5.56 Å². The van der Waals surface area contributed by atoms with Crippen molar-refractivity contribution in [3.63, 3.8) is 0 Å². The van der Waals surface area contributed by atoms with Crippen molar-refractivity contribution in [2.75, 3.05) is 6.54 Å². The summed E-state index contributed by atoms with van der Waals surface area (Å²) < 4.78 is 6.06. The number of hydrogen-bond acceptors (Lipinski definition) is 3. The van der Waals surface area contributed by atoms with E-state index >= 15 is 0 Å². The van der Waals surface area contributed by atoms with Crippen LogP contribution in [0.25, 0.3) is 10.9 Å². The highest BCUT2D eigenvalue weighted by Crippen LogP contribution is 2.43. The van der Waals surface area contributed by atoms with Crippen LogP contribution < -0.4 is 16.0 Å². The van der Waals surface area contributed by atoms with Crippen LogP contribution in [-0.2, 0) is 0 Å². The fourth-order valence-corrected chi connectivity index (χ4v) is 3.17. The average molecular weight is 286 g/mol. The quantitative estimate of drug-likeness (QED) is 0.892. The van der Waals surface area contributed by atoms with E-state index in [1.807, 2.05) is 26.8 Å². The first-order valence-corrected chi connectivity index (χ1v) is 7.51. The van der Waals surface area contributed by atoms with Gasteiger partial charge in [-0.05, 0) is 30.5 Å². The van der Waals surface area contributed by atoms with E-state index in [9.17, 15) is 4.79 Å². The first-order valence-electron chi connectivity index (χ1n) is 7.51. The molecule has 4 nitrogen and oxygen atoms in total. The molecule has 0 fully saturated rings. The third-order valence-electron chi connectivity index (χ3n) is 4.51. The summed E-state index contributed by atoms with van der Waals surface area (Å²) in [5, 5.41) is 0.996. The van der Waals surface area contributed by atoms with Gasteiger partial charge in [-0.1, -0.05) is 20.8 Å². The molecule has 0 saturated heterocycles. The molecule has 0 aliphatic carbocycles. The van der Waals surface area contributed by atoms with Gasteiger partial charge in [0.15, 0.2) is 0 Å². The number of aromatic amines is 1. The largest absolute Gasteiger partial charge is 0.487 e. The predicted molar refractivity (Wildman–Crippen MR) is 85.3 cm³/mol. The van der Waals surface area contributed by atoms with Crippen molar-refractivity contribution in [2.45, 2.75) is 45.6 Å². The van der Waals surface area contributed by atoms with Crippen molar-refractivity contribution in [3.05, 3.63) is 39.2 Å². The summed E-state index contributed by atoms with van der Waals surface area (Å²) >= 11 is 0. The number of aromatic nitrogens is 1. The molecule has 1 aliphatic rings. The molecule has 0 bridgehead atoms. The van der Waals surface area contributed by atoms with Crippen LogP contribution in [0.2, 0.25) is 0 Å². The second-order valence-electron chi connectivity index (χ2n) is 6.29. The van der Waals surface area contributed by atoms with Gasteiger partial charge in [-0.3, -0.25) is 4.79 Å². The van der Waals surface area contributed by atoms with Crippen molar-refractivity contribution in [3.8, 4) is 5.75 Å². The van der Waals surface area contributed by atoms with Crippen LogP contribution in [0.5, 0.6) is 5.75 Å². The molecule has 112 valence electrons. The zero-order chi connectivity index (χ0) is 15.3. The minimum atomic E-state index is -0.0121. The lowest BCUT2D eigenvalue weighted by atomic mass is 9.93. The van der Waals surface area contributed by atoms with Gasteiger partial charge in [0.2, 0.25) is 0 Å². The number of fused-ring (bicyclic) bond motifs is 3. The van der Waals surface area contributed by atoms with Gasteiger partial charge in [-0.15, -0.1) is 0 Å². The van der Waals surface area contributed by atoms with Crippen LogP contribution in [0.1, 0.15) is 49.3 Å². The molecule has 3 rings (SSSR count). The Morgan fingerprint density at radius 3 is 2.71 bits per heavy atom. The first kappa shape index (κ1) is 14.1. The number of H-pyrrole nitrogens is 1. The van der Waals surface area contributed by atoms with E-state index in [4.69, 9.17) is 10.5 Å². The summed E-state index contributed by atoms with van der Waals surface area (Å²) in [4.78, 5) is 15.2. The molecule has 2 heterocycles. The van der Waals surface area contributed by atoms with Gasteiger partial charge < -0.3 is 15.5 Å². The number of aryl methyl sites for hydroxylation is 1. The van der Waals surface area contributed by atoms with Gasteiger partial charge >= 0.3 is 0 Å². The van der Waals surface area contributed by atoms with Crippen molar-refractivity contribution in [1.29, 1.82) is 0 Å². The number of pyridine rings is 1. The molecule has 0 radical (unpaired) electrons. The van der Waals surface area contributed by atoms with Gasteiger partial charge in [-0.2, -0.15) is 0 Å². The highest BCUT2D eigenvalue weighted by Gasteiger charge is 2.32. The zero-order valence-corrected chi connectivity index (χ0v) is 13.0. The Balaban J connectivity index is 2.33. The molecule has 4 heteroatoms. The lowest BCUT2D eigenvalue weighted by Crippen LogP contribution is -2.26. The topological polar surface area (TPSA) is 68.1 Å². The predicted octanol–water partition coefficient (Wildman–Crippen LogP) is 2.78. The molecule has 21 heavy (non-hydrogen) atoms. The molecule has 3 N–H and O–H groups in total. The second-order valence-corrected chi connectivity index (χ2v) is 6.29. The van der Waals surface area contributed by atoms with Gasteiger partial charge in [0, 0.05) is 29.0 Å². The van der Waals surface area contributed by atoms with E-state index in [-0.39, 0.29) is 23.5 Å². The zero-order valence-electron chi connectivity index (χ0n) is 13.0. The summed E-state index contributed by atoms with van der Waals surface area (Å²) in [6, 6.07) is 4.10. The third kappa shape index (κ3) is 2.05. The number of rotatable bonds is 2. The van der Waals surface area contributed by atoms with E-state index in [0.29, 0.717) is 6.54 Å². The smallest absolute Gasteiger partial charge is 0.251 e. The maximum absolute atomic E-state index is 12.2. The Hall–Kier alpha value is -1.81. The number of hydrogen-bond donors (Lipinski definition) is 2. The molecule has 2 aromatic rings. The number of nitrogens with one attached hydrogen (secondary N) is 1. The summed E-state index contributed by atoms with van der Waals surface area (Å²) in [6.45, 7) is 8.72. The normalized spacial score (nSPS) is 20.9. The minimum Gasteiger partial charge on any atom is -0.487 e. The van der Waals surface area contributed by atoms with Gasteiger partial charge in [0.1, 0.15) is 11.9 Å². The lowest BCUT2D eigenvalue weighted by molar-refractivity contribution is 0.221. The number of nitrogens with two attached hydrogens (primary N) is 1. The fourth-order valence-electron chi connectivity index (χ4n) is 3.17.